The van der Waals surface area contributed by atoms with Crippen LogP contribution in [-0.2, 0) is 4.74 Å². The molecule has 1 aromatic rings. The first-order valence-electron chi connectivity index (χ1n) is 5.88. The molecule has 92 valence electrons. The SMILES string of the molecule is CC(C)C(C)OCCOc1cccc(C#N)c1. The minimum atomic E-state index is 0.240. The average molecular weight is 233 g/mol. The fourth-order valence-electron chi connectivity index (χ4n) is 1.24. The van der Waals surface area contributed by atoms with E-state index in [-0.39, 0.29) is 6.10 Å². The van der Waals surface area contributed by atoms with E-state index in [0.29, 0.717) is 30.4 Å². The molecular formula is C14H19NO2. The van der Waals surface area contributed by atoms with Crippen LogP contribution in [0.15, 0.2) is 24.3 Å². The molecule has 3 nitrogen and oxygen atoms in total. The molecule has 0 fully saturated rings. The van der Waals surface area contributed by atoms with Gasteiger partial charge in [0, 0.05) is 0 Å². The molecule has 0 radical (unpaired) electrons. The van der Waals surface area contributed by atoms with Crippen molar-refractivity contribution in [1.82, 2.24) is 0 Å². The molecule has 0 N–H and O–H groups in total. The minimum absolute atomic E-state index is 0.240. The Labute approximate surface area is 103 Å². The van der Waals surface area contributed by atoms with Gasteiger partial charge in [0.1, 0.15) is 12.4 Å². The van der Waals surface area contributed by atoms with Crippen molar-refractivity contribution < 1.29 is 9.47 Å². The minimum Gasteiger partial charge on any atom is -0.491 e. The summed E-state index contributed by atoms with van der Waals surface area (Å²) in [6.07, 6.45) is 0.240. The Kier molecular flexibility index (Phi) is 5.51. The highest BCUT2D eigenvalue weighted by atomic mass is 16.5. The lowest BCUT2D eigenvalue weighted by Gasteiger charge is -2.16. The van der Waals surface area contributed by atoms with Crippen LogP contribution in [0.5, 0.6) is 5.75 Å². The molecule has 0 heterocycles. The van der Waals surface area contributed by atoms with Crippen molar-refractivity contribution in [3.8, 4) is 11.8 Å². The van der Waals surface area contributed by atoms with Gasteiger partial charge >= 0.3 is 0 Å². The summed E-state index contributed by atoms with van der Waals surface area (Å²) in [6, 6.07) is 9.21. The highest BCUT2D eigenvalue weighted by molar-refractivity contribution is 5.36. The average Bonchev–Trinajstić information content (AvgIpc) is 2.34. The third-order valence-electron chi connectivity index (χ3n) is 2.63. The molecule has 0 aromatic heterocycles. The van der Waals surface area contributed by atoms with Crippen molar-refractivity contribution in [3.63, 3.8) is 0 Å². The molecule has 0 aliphatic carbocycles. The van der Waals surface area contributed by atoms with Crippen LogP contribution >= 0.6 is 0 Å². The van der Waals surface area contributed by atoms with Gasteiger partial charge in [-0.1, -0.05) is 19.9 Å². The van der Waals surface area contributed by atoms with Crippen LogP contribution in [0.1, 0.15) is 26.3 Å². The number of nitrogens with zero attached hydrogens (tertiary/aromatic N) is 1. The molecule has 0 saturated carbocycles. The van der Waals surface area contributed by atoms with Crippen molar-refractivity contribution in [1.29, 1.82) is 5.26 Å². The first-order chi connectivity index (χ1) is 8.13. The van der Waals surface area contributed by atoms with Crippen LogP contribution in [-0.4, -0.2) is 19.3 Å². The van der Waals surface area contributed by atoms with Gasteiger partial charge in [-0.3, -0.25) is 0 Å². The maximum absolute atomic E-state index is 8.74. The van der Waals surface area contributed by atoms with Gasteiger partial charge in [0.05, 0.1) is 24.3 Å². The largest absolute Gasteiger partial charge is 0.491 e. The van der Waals surface area contributed by atoms with Gasteiger partial charge in [-0.25, -0.2) is 0 Å². The first-order valence-corrected chi connectivity index (χ1v) is 5.88. The number of hydrogen-bond acceptors (Lipinski definition) is 3. The molecule has 1 aromatic carbocycles. The predicted molar refractivity (Wildman–Crippen MR) is 66.9 cm³/mol. The maximum Gasteiger partial charge on any atom is 0.120 e. The molecule has 1 rings (SSSR count). The van der Waals surface area contributed by atoms with Crippen molar-refractivity contribution in [3.05, 3.63) is 29.8 Å². The van der Waals surface area contributed by atoms with Gasteiger partial charge < -0.3 is 9.47 Å². The fourth-order valence-corrected chi connectivity index (χ4v) is 1.24. The topological polar surface area (TPSA) is 42.2 Å². The van der Waals surface area contributed by atoms with E-state index in [2.05, 4.69) is 26.8 Å². The number of rotatable bonds is 6. The van der Waals surface area contributed by atoms with Gasteiger partial charge in [-0.05, 0) is 31.0 Å². The van der Waals surface area contributed by atoms with Gasteiger partial charge in [0.15, 0.2) is 0 Å². The second-order valence-electron chi connectivity index (χ2n) is 4.31. The van der Waals surface area contributed by atoms with Gasteiger partial charge in [0.25, 0.3) is 0 Å². The zero-order valence-corrected chi connectivity index (χ0v) is 10.6. The smallest absolute Gasteiger partial charge is 0.120 e. The number of nitriles is 1. The van der Waals surface area contributed by atoms with E-state index in [0.717, 1.165) is 0 Å². The van der Waals surface area contributed by atoms with E-state index < -0.39 is 0 Å². The van der Waals surface area contributed by atoms with E-state index in [1.54, 1.807) is 12.1 Å². The fraction of sp³-hybridized carbons (Fsp3) is 0.500. The Morgan fingerprint density at radius 1 is 1.24 bits per heavy atom. The summed E-state index contributed by atoms with van der Waals surface area (Å²) in [4.78, 5) is 0. The molecule has 0 amide bonds. The van der Waals surface area contributed by atoms with Crippen LogP contribution in [0, 0.1) is 17.2 Å². The molecule has 1 unspecified atom stereocenters. The van der Waals surface area contributed by atoms with Crippen molar-refractivity contribution in [2.24, 2.45) is 5.92 Å². The molecule has 0 saturated heterocycles. The Morgan fingerprint density at radius 2 is 2.00 bits per heavy atom. The summed E-state index contributed by atoms with van der Waals surface area (Å²) >= 11 is 0. The molecular weight excluding hydrogens is 214 g/mol. The summed E-state index contributed by atoms with van der Waals surface area (Å²) in [7, 11) is 0. The van der Waals surface area contributed by atoms with Crippen LogP contribution in [0.4, 0.5) is 0 Å². The molecule has 0 bridgehead atoms. The second-order valence-corrected chi connectivity index (χ2v) is 4.31. The molecule has 0 aliphatic rings. The normalized spacial score (nSPS) is 12.2. The molecule has 1 atom stereocenters. The second kappa shape index (κ2) is 6.93. The van der Waals surface area contributed by atoms with Crippen molar-refractivity contribution in [2.75, 3.05) is 13.2 Å². The van der Waals surface area contributed by atoms with Crippen molar-refractivity contribution >= 4 is 0 Å². The summed E-state index contributed by atoms with van der Waals surface area (Å²) < 4.78 is 11.1. The Bertz CT molecular complexity index is 382. The maximum atomic E-state index is 8.74. The lowest BCUT2D eigenvalue weighted by Crippen LogP contribution is -2.19. The van der Waals surface area contributed by atoms with E-state index >= 15 is 0 Å². The summed E-state index contributed by atoms with van der Waals surface area (Å²) in [5.74, 6) is 1.22. The zero-order valence-electron chi connectivity index (χ0n) is 10.6. The van der Waals surface area contributed by atoms with E-state index in [9.17, 15) is 0 Å². The van der Waals surface area contributed by atoms with E-state index in [1.807, 2.05) is 12.1 Å². The predicted octanol–water partition coefficient (Wildman–Crippen LogP) is 3.00. The zero-order chi connectivity index (χ0) is 12.7. The number of ether oxygens (including phenoxy) is 2. The lowest BCUT2D eigenvalue weighted by atomic mass is 10.1. The Morgan fingerprint density at radius 3 is 2.65 bits per heavy atom. The number of hydrogen-bond donors (Lipinski definition) is 0. The highest BCUT2D eigenvalue weighted by Gasteiger charge is 2.06. The third-order valence-corrected chi connectivity index (χ3v) is 2.63. The Hall–Kier alpha value is -1.53. The molecule has 0 aliphatic heterocycles. The quantitative estimate of drug-likeness (QED) is 0.709. The van der Waals surface area contributed by atoms with Crippen LogP contribution in [0.25, 0.3) is 0 Å². The first kappa shape index (κ1) is 13.5. The van der Waals surface area contributed by atoms with Gasteiger partial charge in [-0.15, -0.1) is 0 Å². The van der Waals surface area contributed by atoms with Crippen LogP contribution in [0.3, 0.4) is 0 Å². The molecule has 17 heavy (non-hydrogen) atoms. The Balaban J connectivity index is 2.29. The number of benzene rings is 1. The highest BCUT2D eigenvalue weighted by Crippen LogP contribution is 2.12. The monoisotopic (exact) mass is 233 g/mol. The van der Waals surface area contributed by atoms with Gasteiger partial charge in [-0.2, -0.15) is 5.26 Å². The molecule has 3 heteroatoms. The standard InChI is InChI=1S/C14H19NO2/c1-11(2)12(3)16-7-8-17-14-6-4-5-13(9-14)10-15/h4-6,9,11-12H,7-8H2,1-3H3. The summed E-state index contributed by atoms with van der Waals surface area (Å²) in [5.41, 5.74) is 0.610. The lowest BCUT2D eigenvalue weighted by molar-refractivity contribution is 0.0188. The van der Waals surface area contributed by atoms with E-state index in [4.69, 9.17) is 14.7 Å². The summed E-state index contributed by atoms with van der Waals surface area (Å²) in [5, 5.41) is 8.74. The van der Waals surface area contributed by atoms with Crippen molar-refractivity contribution in [2.45, 2.75) is 26.9 Å². The summed E-state index contributed by atoms with van der Waals surface area (Å²) in [6.45, 7) is 7.38. The van der Waals surface area contributed by atoms with Gasteiger partial charge in [0.2, 0.25) is 0 Å². The van der Waals surface area contributed by atoms with Crippen LogP contribution in [0.2, 0.25) is 0 Å². The molecule has 0 spiro atoms. The third kappa shape index (κ3) is 4.88. The van der Waals surface area contributed by atoms with Crippen LogP contribution < -0.4 is 4.74 Å². The van der Waals surface area contributed by atoms with E-state index in [1.165, 1.54) is 0 Å².